The molecule has 2 aliphatic rings. The number of nitrogens with zero attached hydrogens (tertiary/aromatic N) is 3. The molecule has 0 atom stereocenters. The Morgan fingerprint density at radius 2 is 1.78 bits per heavy atom. The number of pyridine rings is 1. The van der Waals surface area contributed by atoms with E-state index in [4.69, 9.17) is 9.47 Å². The minimum atomic E-state index is -3.19. The van der Waals surface area contributed by atoms with Crippen molar-refractivity contribution in [1.82, 2.24) is 14.8 Å². The number of fused-ring (bicyclic) bond motifs is 1. The third-order valence-electron chi connectivity index (χ3n) is 6.90. The lowest BCUT2D eigenvalue weighted by Gasteiger charge is -2.26. The summed E-state index contributed by atoms with van der Waals surface area (Å²) in [5, 5.41) is 0. The zero-order chi connectivity index (χ0) is 26.0. The van der Waals surface area contributed by atoms with Crippen LogP contribution in [0.3, 0.4) is 0 Å². The SMILES string of the molecule is CCC(F)(F)Oc1ccc(CN2Cc3cc(-c4ccc(CN5CCOCC5)nc4)cc(C)c3C2=O)cc1. The zero-order valence-corrected chi connectivity index (χ0v) is 21.2. The van der Waals surface area contributed by atoms with Gasteiger partial charge >= 0.3 is 6.11 Å². The molecule has 0 bridgehead atoms. The number of hydrogen-bond donors (Lipinski definition) is 0. The van der Waals surface area contributed by atoms with Crippen LogP contribution in [0.1, 0.15) is 46.1 Å². The number of alkyl halides is 2. The maximum atomic E-state index is 13.5. The Bertz CT molecular complexity index is 1260. The Hall–Kier alpha value is -3.36. The topological polar surface area (TPSA) is 54.9 Å². The van der Waals surface area contributed by atoms with Gasteiger partial charge in [-0.2, -0.15) is 8.78 Å². The number of benzene rings is 2. The first kappa shape index (κ1) is 25.3. The van der Waals surface area contributed by atoms with Crippen molar-refractivity contribution in [3.63, 3.8) is 0 Å². The highest BCUT2D eigenvalue weighted by molar-refractivity contribution is 6.00. The zero-order valence-electron chi connectivity index (χ0n) is 21.2. The van der Waals surface area contributed by atoms with Crippen molar-refractivity contribution in [2.24, 2.45) is 0 Å². The highest BCUT2D eigenvalue weighted by atomic mass is 19.3. The van der Waals surface area contributed by atoms with E-state index in [-0.39, 0.29) is 11.7 Å². The second-order valence-electron chi connectivity index (χ2n) is 9.65. The van der Waals surface area contributed by atoms with E-state index in [2.05, 4.69) is 28.1 Å². The van der Waals surface area contributed by atoms with Crippen LogP contribution in [0.5, 0.6) is 5.75 Å². The molecule has 1 amide bonds. The van der Waals surface area contributed by atoms with Crippen LogP contribution in [0.25, 0.3) is 11.1 Å². The number of aryl methyl sites for hydroxylation is 1. The molecule has 6 nitrogen and oxygen atoms in total. The molecule has 3 heterocycles. The van der Waals surface area contributed by atoms with Crippen molar-refractivity contribution in [2.45, 2.75) is 46.0 Å². The maximum absolute atomic E-state index is 13.5. The molecule has 0 spiro atoms. The predicted molar refractivity (Wildman–Crippen MR) is 136 cm³/mol. The standard InChI is InChI=1S/C29H31F2N3O3/c1-3-29(30,31)37-26-8-4-21(5-9-26)17-34-18-24-15-23(14-20(2)27(24)28(34)35)22-6-7-25(32-16-22)19-33-10-12-36-13-11-33/h4-9,14-16H,3,10-13,17-19H2,1-2H3. The van der Waals surface area contributed by atoms with E-state index in [1.807, 2.05) is 19.2 Å². The van der Waals surface area contributed by atoms with Crippen molar-refractivity contribution in [3.8, 4) is 16.9 Å². The molecule has 1 fully saturated rings. The van der Waals surface area contributed by atoms with Crippen molar-refractivity contribution in [3.05, 3.63) is 82.7 Å². The van der Waals surface area contributed by atoms with Crippen LogP contribution in [0.15, 0.2) is 54.7 Å². The van der Waals surface area contributed by atoms with Gasteiger partial charge in [0.1, 0.15) is 5.75 Å². The van der Waals surface area contributed by atoms with Crippen LogP contribution in [0.4, 0.5) is 8.78 Å². The van der Waals surface area contributed by atoms with E-state index in [1.165, 1.54) is 19.1 Å². The van der Waals surface area contributed by atoms with Gasteiger partial charge in [0.2, 0.25) is 0 Å². The Morgan fingerprint density at radius 3 is 2.46 bits per heavy atom. The molecule has 2 aliphatic heterocycles. The number of aromatic nitrogens is 1. The van der Waals surface area contributed by atoms with Gasteiger partial charge < -0.3 is 14.4 Å². The predicted octanol–water partition coefficient (Wildman–Crippen LogP) is 5.43. The Balaban J connectivity index is 1.27. The molecule has 0 radical (unpaired) electrons. The molecule has 5 rings (SSSR count). The summed E-state index contributed by atoms with van der Waals surface area (Å²) in [5.74, 6) is 0.0903. The highest BCUT2D eigenvalue weighted by Gasteiger charge is 2.30. The van der Waals surface area contributed by atoms with E-state index in [1.54, 1.807) is 17.0 Å². The Kier molecular flexibility index (Phi) is 7.22. The lowest BCUT2D eigenvalue weighted by atomic mass is 9.97. The third kappa shape index (κ3) is 5.81. The molecule has 0 saturated carbocycles. The largest absolute Gasteiger partial charge is 0.433 e. The average molecular weight is 508 g/mol. The summed E-state index contributed by atoms with van der Waals surface area (Å²) in [6.07, 6.45) is -1.69. The number of ether oxygens (including phenoxy) is 2. The molecular weight excluding hydrogens is 476 g/mol. The Morgan fingerprint density at radius 1 is 1.03 bits per heavy atom. The number of hydrogen-bond acceptors (Lipinski definition) is 5. The molecule has 0 unspecified atom stereocenters. The second kappa shape index (κ2) is 10.6. The maximum Gasteiger partial charge on any atom is 0.397 e. The molecule has 1 saturated heterocycles. The van der Waals surface area contributed by atoms with Crippen LogP contribution >= 0.6 is 0 Å². The molecule has 0 N–H and O–H groups in total. The summed E-state index contributed by atoms with van der Waals surface area (Å²) in [4.78, 5) is 22.0. The van der Waals surface area contributed by atoms with Gasteiger partial charge in [-0.3, -0.25) is 14.7 Å². The molecule has 194 valence electrons. The van der Waals surface area contributed by atoms with Crippen LogP contribution in [-0.4, -0.2) is 53.1 Å². The minimum Gasteiger partial charge on any atom is -0.433 e. The van der Waals surface area contributed by atoms with Gasteiger partial charge in [-0.1, -0.05) is 31.2 Å². The summed E-state index contributed by atoms with van der Waals surface area (Å²) in [6.45, 7) is 8.40. The first-order chi connectivity index (χ1) is 17.8. The van der Waals surface area contributed by atoms with Gasteiger partial charge in [0.15, 0.2) is 0 Å². The van der Waals surface area contributed by atoms with Crippen molar-refractivity contribution >= 4 is 5.91 Å². The number of morpholine rings is 1. The van der Waals surface area contributed by atoms with Crippen LogP contribution in [-0.2, 0) is 24.4 Å². The number of amides is 1. The fourth-order valence-corrected chi connectivity index (χ4v) is 4.83. The Labute approximate surface area is 215 Å². The van der Waals surface area contributed by atoms with E-state index in [0.29, 0.717) is 13.1 Å². The third-order valence-corrected chi connectivity index (χ3v) is 6.90. The van der Waals surface area contributed by atoms with E-state index >= 15 is 0 Å². The summed E-state index contributed by atoms with van der Waals surface area (Å²) in [7, 11) is 0. The number of rotatable bonds is 8. The normalized spacial score (nSPS) is 16.2. The summed E-state index contributed by atoms with van der Waals surface area (Å²) in [6, 6.07) is 14.7. The lowest BCUT2D eigenvalue weighted by Crippen LogP contribution is -2.35. The van der Waals surface area contributed by atoms with Gasteiger partial charge in [0.05, 0.1) is 18.9 Å². The van der Waals surface area contributed by atoms with Crippen LogP contribution < -0.4 is 4.74 Å². The molecular formula is C29H31F2N3O3. The van der Waals surface area contributed by atoms with Gasteiger partial charge in [-0.15, -0.1) is 0 Å². The van der Waals surface area contributed by atoms with Gasteiger partial charge in [0.25, 0.3) is 5.91 Å². The molecule has 8 heteroatoms. The summed E-state index contributed by atoms with van der Waals surface area (Å²) >= 11 is 0. The fourth-order valence-electron chi connectivity index (χ4n) is 4.83. The van der Waals surface area contributed by atoms with E-state index in [9.17, 15) is 13.6 Å². The quantitative estimate of drug-likeness (QED) is 0.407. The molecule has 1 aromatic heterocycles. The van der Waals surface area contributed by atoms with Gasteiger partial charge in [0, 0.05) is 56.5 Å². The summed E-state index contributed by atoms with van der Waals surface area (Å²) < 4.78 is 37.1. The van der Waals surface area contributed by atoms with Crippen molar-refractivity contribution < 1.29 is 23.0 Å². The van der Waals surface area contributed by atoms with E-state index < -0.39 is 12.5 Å². The lowest BCUT2D eigenvalue weighted by molar-refractivity contribution is -0.177. The molecule has 3 aromatic rings. The fraction of sp³-hybridized carbons (Fsp3) is 0.379. The first-order valence-corrected chi connectivity index (χ1v) is 12.7. The average Bonchev–Trinajstić information content (AvgIpc) is 3.21. The van der Waals surface area contributed by atoms with Gasteiger partial charge in [-0.25, -0.2) is 0 Å². The molecule has 37 heavy (non-hydrogen) atoms. The van der Waals surface area contributed by atoms with Gasteiger partial charge in [-0.05, 0) is 53.4 Å². The summed E-state index contributed by atoms with van der Waals surface area (Å²) in [5.41, 5.74) is 6.59. The number of carbonyl (C=O) groups is 1. The van der Waals surface area contributed by atoms with Crippen LogP contribution in [0.2, 0.25) is 0 Å². The monoisotopic (exact) mass is 507 g/mol. The van der Waals surface area contributed by atoms with Crippen molar-refractivity contribution in [1.29, 1.82) is 0 Å². The molecule has 0 aliphatic carbocycles. The molecule has 2 aromatic carbocycles. The highest BCUT2D eigenvalue weighted by Crippen LogP contribution is 2.33. The van der Waals surface area contributed by atoms with Crippen LogP contribution in [0, 0.1) is 6.92 Å². The second-order valence-corrected chi connectivity index (χ2v) is 9.65. The van der Waals surface area contributed by atoms with Crippen molar-refractivity contribution in [2.75, 3.05) is 26.3 Å². The number of carbonyl (C=O) groups excluding carboxylic acids is 1. The van der Waals surface area contributed by atoms with E-state index in [0.717, 1.165) is 71.9 Å². The number of halogens is 2. The smallest absolute Gasteiger partial charge is 0.397 e. The first-order valence-electron chi connectivity index (χ1n) is 12.7. The minimum absolute atomic E-state index is 0.0177.